The minimum absolute atomic E-state index is 0.0706. The fourth-order valence-corrected chi connectivity index (χ4v) is 7.29. The summed E-state index contributed by atoms with van der Waals surface area (Å²) in [6, 6.07) is 19.7. The van der Waals surface area contributed by atoms with Crippen molar-refractivity contribution in [3.8, 4) is 0 Å². The maximum absolute atomic E-state index is 13.8. The largest absolute Gasteiger partial charge is 0.459 e. The number of hydrogen-bond donors (Lipinski definition) is 0. The molecule has 3 aliphatic rings. The molecule has 3 fully saturated rings. The summed E-state index contributed by atoms with van der Waals surface area (Å²) in [6.07, 6.45) is -3.96. The van der Waals surface area contributed by atoms with Crippen LogP contribution < -0.4 is 0 Å². The Morgan fingerprint density at radius 2 is 1.06 bits per heavy atom. The Bertz CT molecular complexity index is 1260. The molecule has 260 valence electrons. The van der Waals surface area contributed by atoms with Gasteiger partial charge in [-0.1, -0.05) is 102 Å². The molecule has 3 saturated heterocycles. The molecule has 3 heterocycles. The van der Waals surface area contributed by atoms with Crippen LogP contribution in [0.1, 0.15) is 73.4 Å². The molecule has 5 rings (SSSR count). The average Bonchev–Trinajstić information content (AvgIpc) is 3.07. The maximum Gasteiger partial charge on any atom is 0.338 e. The third-order valence-corrected chi connectivity index (χ3v) is 11.4. The van der Waals surface area contributed by atoms with Crippen molar-refractivity contribution in [2.24, 2.45) is 35.5 Å². The number of carbonyl (C=O) groups excluding carboxylic acids is 1. The van der Waals surface area contributed by atoms with Gasteiger partial charge in [0, 0.05) is 11.8 Å². The highest BCUT2D eigenvalue weighted by molar-refractivity contribution is 5.75. The highest BCUT2D eigenvalue weighted by Gasteiger charge is 2.52. The van der Waals surface area contributed by atoms with Crippen molar-refractivity contribution in [2.75, 3.05) is 0 Å². The van der Waals surface area contributed by atoms with Crippen molar-refractivity contribution in [1.82, 2.24) is 0 Å². The molecule has 2 aromatic carbocycles. The van der Waals surface area contributed by atoms with Crippen LogP contribution in [0.5, 0.6) is 0 Å². The first kappa shape index (κ1) is 36.0. The number of benzene rings is 2. The lowest BCUT2D eigenvalue weighted by Crippen LogP contribution is -2.61. The first-order valence-corrected chi connectivity index (χ1v) is 17.6. The van der Waals surface area contributed by atoms with Gasteiger partial charge in [0.25, 0.3) is 0 Å². The number of carbonyl (C=O) groups is 1. The summed E-state index contributed by atoms with van der Waals surface area (Å²) < 4.78 is 45.5. The summed E-state index contributed by atoms with van der Waals surface area (Å²) >= 11 is 0. The Morgan fingerprint density at radius 3 is 1.68 bits per heavy atom. The zero-order chi connectivity index (χ0) is 33.8. The van der Waals surface area contributed by atoms with E-state index in [1.165, 1.54) is 0 Å². The minimum atomic E-state index is -0.972. The summed E-state index contributed by atoms with van der Waals surface area (Å²) in [5.74, 6) is 0.683. The van der Waals surface area contributed by atoms with E-state index in [4.69, 9.17) is 33.2 Å². The maximum atomic E-state index is 13.8. The van der Waals surface area contributed by atoms with Crippen LogP contribution in [0.15, 0.2) is 60.7 Å². The van der Waals surface area contributed by atoms with Crippen LogP contribution in [0.4, 0.5) is 0 Å². The third-order valence-electron chi connectivity index (χ3n) is 11.4. The van der Waals surface area contributed by atoms with Gasteiger partial charge < -0.3 is 33.2 Å². The highest BCUT2D eigenvalue weighted by Crippen LogP contribution is 2.41. The Labute approximate surface area is 281 Å². The fraction of sp³-hybridized carbons (Fsp3) is 0.667. The molecule has 6 unspecified atom stereocenters. The van der Waals surface area contributed by atoms with Crippen molar-refractivity contribution in [3.05, 3.63) is 71.8 Å². The van der Waals surface area contributed by atoms with Gasteiger partial charge in [-0.15, -0.1) is 0 Å². The van der Waals surface area contributed by atoms with E-state index in [-0.39, 0.29) is 54.7 Å². The van der Waals surface area contributed by atoms with Crippen molar-refractivity contribution in [1.29, 1.82) is 0 Å². The van der Waals surface area contributed by atoms with E-state index < -0.39 is 36.9 Å². The molecule has 0 aromatic heterocycles. The molecule has 0 N–H and O–H groups in total. The van der Waals surface area contributed by atoms with Gasteiger partial charge in [-0.25, -0.2) is 4.79 Å². The topological polar surface area (TPSA) is 81.7 Å². The molecule has 15 atom stereocenters. The molecule has 47 heavy (non-hydrogen) atoms. The van der Waals surface area contributed by atoms with E-state index in [2.05, 4.69) is 55.4 Å². The predicted molar refractivity (Wildman–Crippen MR) is 179 cm³/mol. The summed E-state index contributed by atoms with van der Waals surface area (Å²) in [5, 5.41) is 0. The SMILES string of the molecule is CC1C(C)[C@@H](C)[C@H](C)O[C@H]1OC1C(C)[C@@H](C)[C@H](C)O[C@H]1O[C@H]1C(C(=O)OCc2ccccc2)O[C@@H](C)C(OCc2ccccc2)[C@H]1C. The van der Waals surface area contributed by atoms with Gasteiger partial charge in [0.15, 0.2) is 18.7 Å². The smallest absolute Gasteiger partial charge is 0.338 e. The molecular formula is C39H56O8. The Balaban J connectivity index is 1.39. The van der Waals surface area contributed by atoms with E-state index in [0.29, 0.717) is 18.4 Å². The minimum Gasteiger partial charge on any atom is -0.459 e. The van der Waals surface area contributed by atoms with Crippen molar-refractivity contribution in [3.63, 3.8) is 0 Å². The zero-order valence-corrected chi connectivity index (χ0v) is 29.6. The van der Waals surface area contributed by atoms with E-state index >= 15 is 0 Å². The van der Waals surface area contributed by atoms with E-state index in [1.807, 2.05) is 67.6 Å². The van der Waals surface area contributed by atoms with Crippen molar-refractivity contribution < 1.29 is 38.0 Å². The molecule has 2 aromatic rings. The van der Waals surface area contributed by atoms with Gasteiger partial charge in [0.1, 0.15) is 18.8 Å². The fourth-order valence-electron chi connectivity index (χ4n) is 7.29. The van der Waals surface area contributed by atoms with Crippen LogP contribution >= 0.6 is 0 Å². The number of ether oxygens (including phenoxy) is 7. The predicted octanol–water partition coefficient (Wildman–Crippen LogP) is 7.18. The second-order valence-corrected chi connectivity index (χ2v) is 14.4. The van der Waals surface area contributed by atoms with Gasteiger partial charge in [-0.05, 0) is 55.6 Å². The third kappa shape index (κ3) is 8.28. The number of rotatable bonds is 10. The van der Waals surface area contributed by atoms with E-state index in [0.717, 1.165) is 11.1 Å². The lowest BCUT2D eigenvalue weighted by Gasteiger charge is -2.50. The van der Waals surface area contributed by atoms with Gasteiger partial charge >= 0.3 is 5.97 Å². The Hall–Kier alpha value is -2.33. The van der Waals surface area contributed by atoms with E-state index in [1.54, 1.807) is 0 Å². The molecule has 0 bridgehead atoms. The summed E-state index contributed by atoms with van der Waals surface area (Å²) in [4.78, 5) is 13.8. The van der Waals surface area contributed by atoms with Gasteiger partial charge in [0.2, 0.25) is 0 Å². The summed E-state index contributed by atoms with van der Waals surface area (Å²) in [5.41, 5.74) is 1.97. The van der Waals surface area contributed by atoms with Crippen LogP contribution in [0, 0.1) is 35.5 Å². The molecule has 0 radical (unpaired) electrons. The Morgan fingerprint density at radius 1 is 0.532 bits per heavy atom. The molecule has 8 heteroatoms. The van der Waals surface area contributed by atoms with Crippen LogP contribution in [-0.2, 0) is 51.2 Å². The van der Waals surface area contributed by atoms with Gasteiger partial charge in [0.05, 0.1) is 31.0 Å². The average molecular weight is 653 g/mol. The molecule has 0 amide bonds. The first-order chi connectivity index (χ1) is 22.5. The first-order valence-electron chi connectivity index (χ1n) is 17.6. The normalized spacial score (nSPS) is 40.9. The number of esters is 1. The molecule has 3 aliphatic heterocycles. The van der Waals surface area contributed by atoms with E-state index in [9.17, 15) is 4.79 Å². The molecular weight excluding hydrogens is 596 g/mol. The van der Waals surface area contributed by atoms with Crippen molar-refractivity contribution in [2.45, 2.75) is 131 Å². The zero-order valence-electron chi connectivity index (χ0n) is 29.6. The highest BCUT2D eigenvalue weighted by atomic mass is 16.7. The second-order valence-electron chi connectivity index (χ2n) is 14.4. The quantitative estimate of drug-likeness (QED) is 0.250. The lowest BCUT2D eigenvalue weighted by atomic mass is 9.79. The van der Waals surface area contributed by atoms with Gasteiger partial charge in [-0.2, -0.15) is 0 Å². The number of hydrogen-bond acceptors (Lipinski definition) is 8. The standard InChI is InChI=1S/C39H56O8/c1-22-23(2)28(7)44-38(26(22)5)47-35-25(4)24(3)29(8)45-39(35)46-34-27(6)33(41-20-31-16-12-10-13-17-31)30(9)43-36(34)37(40)42-21-32-18-14-11-15-19-32/h10-19,22-30,33-36,38-39H,20-21H2,1-9H3/t22?,23-,24-,25?,26?,27-,28+,29+,30+,33?,34-,35?,36?,38+,39+/m1/s1. The molecule has 0 spiro atoms. The van der Waals surface area contributed by atoms with Crippen LogP contribution in [0.25, 0.3) is 0 Å². The monoisotopic (exact) mass is 652 g/mol. The second kappa shape index (κ2) is 15.9. The van der Waals surface area contributed by atoms with Crippen LogP contribution in [0.3, 0.4) is 0 Å². The lowest BCUT2D eigenvalue weighted by molar-refractivity contribution is -0.354. The Kier molecular flexibility index (Phi) is 12.2. The molecule has 0 saturated carbocycles. The van der Waals surface area contributed by atoms with Crippen LogP contribution in [0.2, 0.25) is 0 Å². The summed E-state index contributed by atoms with van der Waals surface area (Å²) in [6.45, 7) is 19.8. The van der Waals surface area contributed by atoms with Crippen molar-refractivity contribution >= 4 is 5.97 Å². The van der Waals surface area contributed by atoms with Gasteiger partial charge in [-0.3, -0.25) is 0 Å². The van der Waals surface area contributed by atoms with Crippen LogP contribution in [-0.4, -0.2) is 61.3 Å². The molecule has 0 aliphatic carbocycles. The molecule has 8 nitrogen and oxygen atoms in total. The summed E-state index contributed by atoms with van der Waals surface area (Å²) in [7, 11) is 0.